The van der Waals surface area contributed by atoms with Gasteiger partial charge in [0.15, 0.2) is 0 Å². The van der Waals surface area contributed by atoms with E-state index in [2.05, 4.69) is 31.0 Å². The lowest BCUT2D eigenvalue weighted by Crippen LogP contribution is -2.55. The highest BCUT2D eigenvalue weighted by molar-refractivity contribution is 5.81. The maximum atomic E-state index is 12.6. The van der Waals surface area contributed by atoms with Gasteiger partial charge in [0.1, 0.15) is 11.6 Å². The van der Waals surface area contributed by atoms with E-state index in [1.807, 2.05) is 20.8 Å². The molecule has 3 fully saturated rings. The molecule has 1 saturated carbocycles. The number of ether oxygens (including phenoxy) is 2. The van der Waals surface area contributed by atoms with E-state index in [4.69, 9.17) is 9.47 Å². The van der Waals surface area contributed by atoms with Crippen molar-refractivity contribution in [1.82, 2.24) is 10.2 Å². The molecule has 3 aliphatic rings. The highest BCUT2D eigenvalue weighted by Crippen LogP contribution is 2.45. The van der Waals surface area contributed by atoms with Crippen LogP contribution in [0.4, 0.5) is 4.79 Å². The zero-order valence-electron chi connectivity index (χ0n) is 22.1. The molecule has 1 aliphatic carbocycles. The first-order valence-electron chi connectivity index (χ1n) is 13.2. The number of rotatable bonds is 5. The van der Waals surface area contributed by atoms with E-state index >= 15 is 0 Å². The maximum absolute atomic E-state index is 12.6. The van der Waals surface area contributed by atoms with Crippen LogP contribution < -0.4 is 5.32 Å². The number of methoxy groups -OCH3 is 1. The molecule has 1 N–H and O–H groups in total. The Balaban J connectivity index is 1.66. The first-order chi connectivity index (χ1) is 15.4. The van der Waals surface area contributed by atoms with Crippen LogP contribution in [-0.2, 0) is 14.3 Å². The number of hydrogen-bond acceptors (Lipinski definition) is 5. The zero-order valence-corrected chi connectivity index (χ0v) is 22.1. The summed E-state index contributed by atoms with van der Waals surface area (Å²) in [7, 11) is 1.40. The second-order valence-corrected chi connectivity index (χ2v) is 12.8. The summed E-state index contributed by atoms with van der Waals surface area (Å²) < 4.78 is 10.5. The SMILES string of the molecule is COC(=O)[C@@H](NC(=O)OC(C)(C)C)C1CC2CCC(C1)N2CC1(C)CCCC(C)CC(C)C1. The average molecular weight is 465 g/mol. The van der Waals surface area contributed by atoms with Gasteiger partial charge in [-0.1, -0.05) is 33.6 Å². The molecular formula is C27H48N2O4. The molecular weight excluding hydrogens is 416 g/mol. The van der Waals surface area contributed by atoms with Gasteiger partial charge in [-0.05, 0) is 88.9 Å². The second-order valence-electron chi connectivity index (χ2n) is 12.8. The molecule has 190 valence electrons. The van der Waals surface area contributed by atoms with Crippen LogP contribution in [0.1, 0.15) is 99.3 Å². The van der Waals surface area contributed by atoms with Crippen LogP contribution >= 0.6 is 0 Å². The van der Waals surface area contributed by atoms with Crippen LogP contribution in [0.15, 0.2) is 0 Å². The van der Waals surface area contributed by atoms with Crippen molar-refractivity contribution < 1.29 is 19.1 Å². The Bertz CT molecular complexity index is 676. The van der Waals surface area contributed by atoms with E-state index in [0.717, 1.165) is 31.2 Å². The van der Waals surface area contributed by atoms with Gasteiger partial charge in [-0.15, -0.1) is 0 Å². The number of carbonyl (C=O) groups is 2. The lowest BCUT2D eigenvalue weighted by Gasteiger charge is -2.46. The van der Waals surface area contributed by atoms with Crippen molar-refractivity contribution in [2.24, 2.45) is 23.2 Å². The lowest BCUT2D eigenvalue weighted by molar-refractivity contribution is -0.145. The molecule has 2 heterocycles. The number of amides is 1. The van der Waals surface area contributed by atoms with Crippen LogP contribution in [0.3, 0.4) is 0 Å². The van der Waals surface area contributed by atoms with Crippen LogP contribution in [0.25, 0.3) is 0 Å². The first kappa shape index (κ1) is 26.3. The molecule has 6 heteroatoms. The van der Waals surface area contributed by atoms with Crippen LogP contribution in [0.2, 0.25) is 0 Å². The lowest BCUT2D eigenvalue weighted by atomic mass is 9.71. The molecule has 6 nitrogen and oxygen atoms in total. The highest BCUT2D eigenvalue weighted by Gasteiger charge is 2.47. The maximum Gasteiger partial charge on any atom is 0.408 e. The number of hydrogen-bond donors (Lipinski definition) is 1. The number of nitrogens with one attached hydrogen (secondary N) is 1. The number of esters is 1. The average Bonchev–Trinajstić information content (AvgIpc) is 2.90. The first-order valence-corrected chi connectivity index (χ1v) is 13.2. The van der Waals surface area contributed by atoms with Crippen molar-refractivity contribution in [2.75, 3.05) is 13.7 Å². The third-order valence-electron chi connectivity index (χ3n) is 8.21. The molecule has 3 rings (SSSR count). The second kappa shape index (κ2) is 10.5. The number of alkyl carbamates (subject to hydrolysis) is 1. The fourth-order valence-electron chi connectivity index (χ4n) is 7.07. The number of piperidine rings is 1. The van der Waals surface area contributed by atoms with E-state index in [0.29, 0.717) is 17.5 Å². The van der Waals surface area contributed by atoms with Gasteiger partial charge in [0.25, 0.3) is 0 Å². The smallest absolute Gasteiger partial charge is 0.408 e. The van der Waals surface area contributed by atoms with Crippen molar-refractivity contribution in [2.45, 2.75) is 123 Å². The summed E-state index contributed by atoms with van der Waals surface area (Å²) in [5.74, 6) is 1.35. The number of carbonyl (C=O) groups excluding carboxylic acids is 2. The van der Waals surface area contributed by atoms with Crippen molar-refractivity contribution in [3.63, 3.8) is 0 Å². The van der Waals surface area contributed by atoms with Gasteiger partial charge in [0, 0.05) is 18.6 Å². The third-order valence-corrected chi connectivity index (χ3v) is 8.21. The standard InChI is InChI=1S/C27H48N2O4/c1-18-9-8-12-27(6,16-19(2)13-18)17-29-21-10-11-22(29)15-20(14-21)23(24(30)32-7)28-25(31)33-26(3,4)5/h18-23H,8-17H2,1-7H3,(H,28,31)/t18?,19?,20?,21?,22?,23-,27?/m0/s1. The summed E-state index contributed by atoms with van der Waals surface area (Å²) in [6.45, 7) is 14.0. The molecule has 2 bridgehead atoms. The van der Waals surface area contributed by atoms with E-state index in [1.54, 1.807) is 0 Å². The van der Waals surface area contributed by atoms with Gasteiger partial charge in [-0.2, -0.15) is 0 Å². The van der Waals surface area contributed by atoms with E-state index in [1.165, 1.54) is 52.1 Å². The van der Waals surface area contributed by atoms with Crippen molar-refractivity contribution >= 4 is 12.1 Å². The molecule has 5 unspecified atom stereocenters. The summed E-state index contributed by atoms with van der Waals surface area (Å²) in [5, 5.41) is 2.84. The molecule has 1 amide bonds. The third kappa shape index (κ3) is 7.10. The van der Waals surface area contributed by atoms with Crippen molar-refractivity contribution in [3.8, 4) is 0 Å². The molecule has 0 spiro atoms. The normalized spacial score (nSPS) is 36.4. The van der Waals surface area contributed by atoms with Crippen molar-refractivity contribution in [1.29, 1.82) is 0 Å². The summed E-state index contributed by atoms with van der Waals surface area (Å²) in [4.78, 5) is 27.8. The van der Waals surface area contributed by atoms with Gasteiger partial charge in [-0.25, -0.2) is 9.59 Å². The Morgan fingerprint density at radius 3 is 2.27 bits per heavy atom. The quantitative estimate of drug-likeness (QED) is 0.541. The number of nitrogens with zero attached hydrogens (tertiary/aromatic N) is 1. The topological polar surface area (TPSA) is 67.9 Å². The van der Waals surface area contributed by atoms with E-state index in [9.17, 15) is 9.59 Å². The van der Waals surface area contributed by atoms with Gasteiger partial charge < -0.3 is 14.8 Å². The molecule has 2 saturated heterocycles. The van der Waals surface area contributed by atoms with E-state index < -0.39 is 17.7 Å². The zero-order chi connectivity index (χ0) is 24.4. The van der Waals surface area contributed by atoms with Crippen LogP contribution in [0, 0.1) is 23.2 Å². The summed E-state index contributed by atoms with van der Waals surface area (Å²) in [6.07, 6.45) is 10.3. The van der Waals surface area contributed by atoms with Gasteiger partial charge in [0.05, 0.1) is 7.11 Å². The van der Waals surface area contributed by atoms with Crippen LogP contribution in [0.5, 0.6) is 0 Å². The molecule has 2 aliphatic heterocycles. The highest BCUT2D eigenvalue weighted by atomic mass is 16.6. The minimum absolute atomic E-state index is 0.0867. The van der Waals surface area contributed by atoms with Gasteiger partial charge >= 0.3 is 12.1 Å². The van der Waals surface area contributed by atoms with Gasteiger partial charge in [0.2, 0.25) is 0 Å². The van der Waals surface area contributed by atoms with Gasteiger partial charge in [-0.3, -0.25) is 4.90 Å². The number of fused-ring (bicyclic) bond motifs is 2. The largest absolute Gasteiger partial charge is 0.467 e. The minimum atomic E-state index is -0.645. The molecule has 0 aromatic heterocycles. The Hall–Kier alpha value is -1.30. The monoisotopic (exact) mass is 464 g/mol. The van der Waals surface area contributed by atoms with Crippen molar-refractivity contribution in [3.05, 3.63) is 0 Å². The Morgan fingerprint density at radius 2 is 1.70 bits per heavy atom. The minimum Gasteiger partial charge on any atom is -0.467 e. The summed E-state index contributed by atoms with van der Waals surface area (Å²) in [5.41, 5.74) is -0.237. The molecule has 0 aromatic carbocycles. The Morgan fingerprint density at radius 1 is 1.06 bits per heavy atom. The molecule has 6 atom stereocenters. The fourth-order valence-corrected chi connectivity index (χ4v) is 7.07. The molecule has 0 radical (unpaired) electrons. The van der Waals surface area contributed by atoms with Crippen LogP contribution in [-0.4, -0.2) is 54.3 Å². The predicted octanol–water partition coefficient (Wildman–Crippen LogP) is 5.54. The summed E-state index contributed by atoms with van der Waals surface area (Å²) in [6, 6.07) is 0.323. The fraction of sp³-hybridized carbons (Fsp3) is 0.926. The molecule has 0 aromatic rings. The molecule has 33 heavy (non-hydrogen) atoms. The summed E-state index contributed by atoms with van der Waals surface area (Å²) >= 11 is 0. The Labute approximate surface area is 201 Å². The predicted molar refractivity (Wildman–Crippen MR) is 131 cm³/mol. The Kier molecular flexibility index (Phi) is 8.40. The van der Waals surface area contributed by atoms with E-state index in [-0.39, 0.29) is 11.9 Å².